The molecule has 1 aliphatic rings. The number of aryl methyl sites for hydroxylation is 1. The van der Waals surface area contributed by atoms with E-state index in [1.54, 1.807) is 18.2 Å². The number of hydrogen-bond acceptors (Lipinski definition) is 5. The highest BCUT2D eigenvalue weighted by Crippen LogP contribution is 2.25. The van der Waals surface area contributed by atoms with Crippen LogP contribution in [0.3, 0.4) is 0 Å². The van der Waals surface area contributed by atoms with Crippen LogP contribution in [0.2, 0.25) is 0 Å². The smallest absolute Gasteiger partial charge is 0.213 e. The quantitative estimate of drug-likeness (QED) is 0.566. The number of imidazole rings is 1. The normalized spacial score (nSPS) is 16.2. The van der Waals surface area contributed by atoms with Crippen LogP contribution in [0, 0.1) is 5.95 Å². The van der Waals surface area contributed by atoms with Gasteiger partial charge in [-0.1, -0.05) is 6.07 Å². The van der Waals surface area contributed by atoms with Gasteiger partial charge in [0.1, 0.15) is 18.3 Å². The lowest BCUT2D eigenvalue weighted by Gasteiger charge is -2.25. The molecule has 0 amide bonds. The zero-order chi connectivity index (χ0) is 18.1. The molecular formula is C19H18FN5O. The van der Waals surface area contributed by atoms with Crippen LogP contribution in [0.4, 0.5) is 4.39 Å². The number of pyridine rings is 1. The Morgan fingerprint density at radius 3 is 2.92 bits per heavy atom. The third kappa shape index (κ3) is 2.81. The number of nitrogens with one attached hydrogen (secondary N) is 1. The van der Waals surface area contributed by atoms with Crippen LogP contribution in [0.1, 0.15) is 35.0 Å². The summed E-state index contributed by atoms with van der Waals surface area (Å²) in [6.07, 6.45) is 4.32. The van der Waals surface area contributed by atoms with E-state index in [-0.39, 0.29) is 6.17 Å². The summed E-state index contributed by atoms with van der Waals surface area (Å²) in [5.74, 6) is 0.374. The molecule has 7 heteroatoms. The molecule has 1 N–H and O–H groups in total. The summed E-state index contributed by atoms with van der Waals surface area (Å²) in [5, 5.41) is 3.19. The maximum atomic E-state index is 13.5. The summed E-state index contributed by atoms with van der Waals surface area (Å²) in [4.78, 5) is 21.8. The van der Waals surface area contributed by atoms with Gasteiger partial charge >= 0.3 is 0 Å². The van der Waals surface area contributed by atoms with Crippen LogP contribution >= 0.6 is 0 Å². The number of nitrogens with zero attached hydrogens (tertiary/aromatic N) is 4. The summed E-state index contributed by atoms with van der Waals surface area (Å²) in [6, 6.07) is 10.3. The molecule has 4 rings (SSSR count). The second kappa shape index (κ2) is 6.59. The van der Waals surface area contributed by atoms with Gasteiger partial charge in [0, 0.05) is 24.5 Å². The molecule has 6 nitrogen and oxygen atoms in total. The van der Waals surface area contributed by atoms with Gasteiger partial charge in [0.25, 0.3) is 0 Å². The number of fused-ring (bicyclic) bond motifs is 1. The second-order valence-electron chi connectivity index (χ2n) is 6.08. The lowest BCUT2D eigenvalue weighted by Crippen LogP contribution is -2.28. The first kappa shape index (κ1) is 16.3. The van der Waals surface area contributed by atoms with Crippen LogP contribution in [-0.4, -0.2) is 25.7 Å². The Hall–Kier alpha value is -3.22. The Bertz CT molecular complexity index is 997. The molecule has 2 aromatic heterocycles. The van der Waals surface area contributed by atoms with Gasteiger partial charge in [-0.2, -0.15) is 4.39 Å². The molecule has 3 heterocycles. The fourth-order valence-corrected chi connectivity index (χ4v) is 3.29. The molecule has 0 spiro atoms. The SMILES string of the molecule is CCn1c(CN2C=CNC2c2cccc(F)n2)nc2ccc(C=O)cc21. The number of hydrogen-bond donors (Lipinski definition) is 1. The molecule has 1 unspecified atom stereocenters. The van der Waals surface area contributed by atoms with Crippen LogP contribution in [0.15, 0.2) is 48.8 Å². The van der Waals surface area contributed by atoms with Crippen molar-refractivity contribution in [2.45, 2.75) is 26.2 Å². The summed E-state index contributed by atoms with van der Waals surface area (Å²) in [7, 11) is 0. The fraction of sp³-hybridized carbons (Fsp3) is 0.211. The highest BCUT2D eigenvalue weighted by atomic mass is 19.1. The monoisotopic (exact) mass is 351 g/mol. The van der Waals surface area contributed by atoms with E-state index < -0.39 is 5.95 Å². The number of carbonyl (C=O) groups is 1. The van der Waals surface area contributed by atoms with Crippen molar-refractivity contribution in [2.24, 2.45) is 0 Å². The molecule has 0 saturated carbocycles. The van der Waals surface area contributed by atoms with Crippen molar-refractivity contribution >= 4 is 17.3 Å². The third-order valence-electron chi connectivity index (χ3n) is 4.50. The Morgan fingerprint density at radius 2 is 2.15 bits per heavy atom. The number of benzene rings is 1. The average Bonchev–Trinajstić information content (AvgIpc) is 3.25. The molecular weight excluding hydrogens is 333 g/mol. The third-order valence-corrected chi connectivity index (χ3v) is 4.50. The molecule has 3 aromatic rings. The number of aromatic nitrogens is 3. The molecule has 0 bridgehead atoms. The van der Waals surface area contributed by atoms with E-state index in [1.807, 2.05) is 36.4 Å². The van der Waals surface area contributed by atoms with Gasteiger partial charge in [0.05, 0.1) is 23.3 Å². The number of carbonyl (C=O) groups excluding carboxylic acids is 1. The number of rotatable bonds is 5. The van der Waals surface area contributed by atoms with E-state index in [0.717, 1.165) is 29.7 Å². The summed E-state index contributed by atoms with van der Waals surface area (Å²) in [5.41, 5.74) is 3.02. The molecule has 0 fully saturated rings. The van der Waals surface area contributed by atoms with E-state index in [1.165, 1.54) is 6.07 Å². The van der Waals surface area contributed by atoms with Crippen LogP contribution in [0.5, 0.6) is 0 Å². The zero-order valence-electron chi connectivity index (χ0n) is 14.3. The minimum absolute atomic E-state index is 0.249. The van der Waals surface area contributed by atoms with Gasteiger partial charge in [-0.3, -0.25) is 4.79 Å². The molecule has 1 aliphatic heterocycles. The predicted molar refractivity (Wildman–Crippen MR) is 95.5 cm³/mol. The molecule has 1 atom stereocenters. The van der Waals surface area contributed by atoms with Crippen LogP contribution in [-0.2, 0) is 13.1 Å². The molecule has 132 valence electrons. The highest BCUT2D eigenvalue weighted by molar-refractivity contribution is 5.85. The van der Waals surface area contributed by atoms with Crippen LogP contribution < -0.4 is 5.32 Å². The highest BCUT2D eigenvalue weighted by Gasteiger charge is 2.24. The van der Waals surface area contributed by atoms with Gasteiger partial charge in [-0.25, -0.2) is 9.97 Å². The van der Waals surface area contributed by atoms with Crippen molar-refractivity contribution in [2.75, 3.05) is 0 Å². The molecule has 1 aromatic carbocycles. The number of aldehydes is 1. The topological polar surface area (TPSA) is 63.1 Å². The summed E-state index contributed by atoms with van der Waals surface area (Å²) in [6.45, 7) is 3.31. The lowest BCUT2D eigenvalue weighted by molar-refractivity contribution is 0.112. The van der Waals surface area contributed by atoms with Crippen molar-refractivity contribution in [3.8, 4) is 0 Å². The van der Waals surface area contributed by atoms with E-state index in [9.17, 15) is 9.18 Å². The van der Waals surface area contributed by atoms with Gasteiger partial charge in [0.15, 0.2) is 0 Å². The average molecular weight is 351 g/mol. The fourth-order valence-electron chi connectivity index (χ4n) is 3.29. The Balaban J connectivity index is 1.67. The van der Waals surface area contributed by atoms with Crippen molar-refractivity contribution < 1.29 is 9.18 Å². The summed E-state index contributed by atoms with van der Waals surface area (Å²) < 4.78 is 15.6. The second-order valence-corrected chi connectivity index (χ2v) is 6.08. The zero-order valence-corrected chi connectivity index (χ0v) is 14.3. The van der Waals surface area contributed by atoms with E-state index in [4.69, 9.17) is 4.98 Å². The first-order chi connectivity index (χ1) is 12.7. The Kier molecular flexibility index (Phi) is 4.12. The van der Waals surface area contributed by atoms with Gasteiger partial charge < -0.3 is 14.8 Å². The first-order valence-electron chi connectivity index (χ1n) is 8.45. The van der Waals surface area contributed by atoms with Crippen molar-refractivity contribution in [3.05, 3.63) is 71.8 Å². The van der Waals surface area contributed by atoms with Gasteiger partial charge in [-0.15, -0.1) is 0 Å². The molecule has 0 radical (unpaired) electrons. The van der Waals surface area contributed by atoms with E-state index in [0.29, 0.717) is 17.8 Å². The lowest BCUT2D eigenvalue weighted by atomic mass is 10.2. The molecule has 0 aliphatic carbocycles. The van der Waals surface area contributed by atoms with E-state index >= 15 is 0 Å². The van der Waals surface area contributed by atoms with Crippen molar-refractivity contribution in [1.82, 2.24) is 24.8 Å². The maximum Gasteiger partial charge on any atom is 0.213 e. The maximum absolute atomic E-state index is 13.5. The molecule has 26 heavy (non-hydrogen) atoms. The largest absolute Gasteiger partial charge is 0.365 e. The van der Waals surface area contributed by atoms with Crippen molar-refractivity contribution in [1.29, 1.82) is 0 Å². The van der Waals surface area contributed by atoms with Gasteiger partial charge in [0.2, 0.25) is 5.95 Å². The predicted octanol–water partition coefficient (Wildman–Crippen LogP) is 2.98. The number of halogens is 1. The molecule has 0 saturated heterocycles. The van der Waals surface area contributed by atoms with Gasteiger partial charge in [-0.05, 0) is 37.3 Å². The van der Waals surface area contributed by atoms with Crippen molar-refractivity contribution in [3.63, 3.8) is 0 Å². The standard InChI is InChI=1S/C19H18FN5O/c1-2-25-16-10-13(12-26)6-7-14(16)23-18(25)11-24-9-8-21-19(24)15-4-3-5-17(20)22-15/h3-10,12,19,21H,2,11H2,1H3. The van der Waals surface area contributed by atoms with E-state index in [2.05, 4.69) is 14.9 Å². The first-order valence-corrected chi connectivity index (χ1v) is 8.45. The minimum Gasteiger partial charge on any atom is -0.365 e. The van der Waals surface area contributed by atoms with Crippen LogP contribution in [0.25, 0.3) is 11.0 Å². The Labute approximate surface area is 150 Å². The minimum atomic E-state index is -0.502. The summed E-state index contributed by atoms with van der Waals surface area (Å²) >= 11 is 0. The Morgan fingerprint density at radius 1 is 1.27 bits per heavy atom.